The van der Waals surface area contributed by atoms with Crippen molar-refractivity contribution >= 4 is 23.0 Å². The molecule has 0 atom stereocenters. The summed E-state index contributed by atoms with van der Waals surface area (Å²) in [6, 6.07) is 3.79. The third-order valence-corrected chi connectivity index (χ3v) is 3.34. The standard InChI is InChI=1S/C14H15N5O7/c1-25-12-7-9(18(21)22)3-4-10(12)15-13(20)5-6-17-8-11(19(23)24)14(16-17)26-2/h3-4,7-8H,5-6H2,1-2H3,(H,15,20). The number of methoxy groups -OCH3 is 2. The number of hydrogen-bond acceptors (Lipinski definition) is 8. The maximum atomic E-state index is 12.1. The van der Waals surface area contributed by atoms with Gasteiger partial charge in [0.15, 0.2) is 0 Å². The molecule has 0 aliphatic rings. The number of nitrogens with zero attached hydrogens (tertiary/aromatic N) is 4. The summed E-state index contributed by atoms with van der Waals surface area (Å²) in [7, 11) is 2.58. The van der Waals surface area contributed by atoms with Crippen molar-refractivity contribution in [2.24, 2.45) is 0 Å². The van der Waals surface area contributed by atoms with E-state index in [2.05, 4.69) is 10.4 Å². The van der Waals surface area contributed by atoms with Crippen LogP contribution in [0.4, 0.5) is 17.1 Å². The monoisotopic (exact) mass is 365 g/mol. The van der Waals surface area contributed by atoms with Crippen LogP contribution in [0.25, 0.3) is 0 Å². The number of aryl methyl sites for hydroxylation is 1. The molecule has 26 heavy (non-hydrogen) atoms. The Morgan fingerprint density at radius 2 is 1.96 bits per heavy atom. The molecule has 0 saturated carbocycles. The first-order valence-electron chi connectivity index (χ1n) is 7.23. The van der Waals surface area contributed by atoms with Crippen LogP contribution in [0.15, 0.2) is 24.4 Å². The van der Waals surface area contributed by atoms with Crippen molar-refractivity contribution in [2.45, 2.75) is 13.0 Å². The van der Waals surface area contributed by atoms with Crippen molar-refractivity contribution in [2.75, 3.05) is 19.5 Å². The quantitative estimate of drug-likeness (QED) is 0.548. The van der Waals surface area contributed by atoms with Crippen LogP contribution in [0.2, 0.25) is 0 Å². The van der Waals surface area contributed by atoms with E-state index >= 15 is 0 Å². The average Bonchev–Trinajstić information content (AvgIpc) is 3.03. The second-order valence-corrected chi connectivity index (χ2v) is 4.98. The minimum Gasteiger partial charge on any atom is -0.494 e. The number of nitro benzene ring substituents is 1. The number of nitro groups is 2. The fraction of sp³-hybridized carbons (Fsp3) is 0.286. The second-order valence-electron chi connectivity index (χ2n) is 4.98. The summed E-state index contributed by atoms with van der Waals surface area (Å²) >= 11 is 0. The second kappa shape index (κ2) is 7.92. The highest BCUT2D eigenvalue weighted by atomic mass is 16.6. The minimum absolute atomic E-state index is 0.0396. The molecule has 12 heteroatoms. The van der Waals surface area contributed by atoms with Crippen LogP contribution in [0.3, 0.4) is 0 Å². The summed E-state index contributed by atoms with van der Waals surface area (Å²) in [5.41, 5.74) is -0.201. The molecule has 0 radical (unpaired) electrons. The van der Waals surface area contributed by atoms with Gasteiger partial charge in [-0.3, -0.25) is 29.7 Å². The first kappa shape index (κ1) is 18.6. The Morgan fingerprint density at radius 3 is 2.50 bits per heavy atom. The number of rotatable bonds is 8. The third-order valence-electron chi connectivity index (χ3n) is 3.34. The molecule has 0 aliphatic heterocycles. The number of nitrogens with one attached hydrogen (secondary N) is 1. The number of ether oxygens (including phenoxy) is 2. The number of aromatic nitrogens is 2. The number of benzene rings is 1. The van der Waals surface area contributed by atoms with E-state index < -0.39 is 15.8 Å². The van der Waals surface area contributed by atoms with E-state index in [0.29, 0.717) is 0 Å². The Labute approximate surface area is 146 Å². The van der Waals surface area contributed by atoms with E-state index in [-0.39, 0.29) is 41.7 Å². The summed E-state index contributed by atoms with van der Waals surface area (Å²) in [6.45, 7) is 0.0747. The zero-order valence-corrected chi connectivity index (χ0v) is 13.9. The Bertz CT molecular complexity index is 848. The van der Waals surface area contributed by atoms with Gasteiger partial charge in [-0.25, -0.2) is 0 Å². The number of carbonyl (C=O) groups is 1. The molecule has 0 spiro atoms. The Hall–Kier alpha value is -3.70. The smallest absolute Gasteiger partial charge is 0.350 e. The van der Waals surface area contributed by atoms with Gasteiger partial charge in [0.25, 0.3) is 5.69 Å². The summed E-state index contributed by atoms with van der Waals surface area (Å²) < 4.78 is 11.1. The predicted molar refractivity (Wildman–Crippen MR) is 88.3 cm³/mol. The fourth-order valence-corrected chi connectivity index (χ4v) is 2.10. The maximum absolute atomic E-state index is 12.1. The van der Waals surface area contributed by atoms with Crippen LogP contribution in [-0.2, 0) is 11.3 Å². The molecule has 1 heterocycles. The average molecular weight is 365 g/mol. The van der Waals surface area contributed by atoms with Gasteiger partial charge in [0.2, 0.25) is 5.91 Å². The SMILES string of the molecule is COc1cc([N+](=O)[O-])ccc1NC(=O)CCn1cc([N+](=O)[O-])c(OC)n1. The third kappa shape index (κ3) is 4.23. The van der Waals surface area contributed by atoms with Crippen molar-refractivity contribution in [1.82, 2.24) is 9.78 Å². The van der Waals surface area contributed by atoms with E-state index in [1.165, 1.54) is 43.3 Å². The highest BCUT2D eigenvalue weighted by Gasteiger charge is 2.20. The Balaban J connectivity index is 2.03. The van der Waals surface area contributed by atoms with Gasteiger partial charge in [-0.1, -0.05) is 0 Å². The molecule has 12 nitrogen and oxygen atoms in total. The van der Waals surface area contributed by atoms with E-state index in [4.69, 9.17) is 9.47 Å². The van der Waals surface area contributed by atoms with E-state index in [9.17, 15) is 25.0 Å². The molecule has 0 fully saturated rings. The largest absolute Gasteiger partial charge is 0.494 e. The molecular formula is C14H15N5O7. The van der Waals surface area contributed by atoms with Crippen molar-refractivity contribution in [3.8, 4) is 11.6 Å². The highest BCUT2D eigenvalue weighted by Crippen LogP contribution is 2.29. The van der Waals surface area contributed by atoms with Crippen LogP contribution >= 0.6 is 0 Å². The van der Waals surface area contributed by atoms with E-state index in [0.717, 1.165) is 0 Å². The lowest BCUT2D eigenvalue weighted by atomic mass is 10.2. The molecule has 0 unspecified atom stereocenters. The van der Waals surface area contributed by atoms with Gasteiger partial charge < -0.3 is 14.8 Å². The summed E-state index contributed by atoms with van der Waals surface area (Å²) in [4.78, 5) is 32.5. The molecule has 1 amide bonds. The normalized spacial score (nSPS) is 10.2. The van der Waals surface area contributed by atoms with Crippen LogP contribution in [0.1, 0.15) is 6.42 Å². The molecular weight excluding hydrogens is 350 g/mol. The van der Waals surface area contributed by atoms with Crippen molar-refractivity contribution in [1.29, 1.82) is 0 Å². The van der Waals surface area contributed by atoms with Crippen LogP contribution in [0.5, 0.6) is 11.6 Å². The zero-order valence-electron chi connectivity index (χ0n) is 13.9. The molecule has 0 saturated heterocycles. The predicted octanol–water partition coefficient (Wildman–Crippen LogP) is 1.75. The van der Waals surface area contributed by atoms with Gasteiger partial charge in [-0.15, -0.1) is 5.10 Å². The fourth-order valence-electron chi connectivity index (χ4n) is 2.10. The van der Waals surface area contributed by atoms with Gasteiger partial charge in [0, 0.05) is 12.5 Å². The first-order chi connectivity index (χ1) is 12.3. The molecule has 1 aromatic heterocycles. The van der Waals surface area contributed by atoms with Crippen LogP contribution in [-0.4, -0.2) is 39.8 Å². The maximum Gasteiger partial charge on any atom is 0.350 e. The zero-order chi connectivity index (χ0) is 19.3. The number of anilines is 1. The van der Waals surface area contributed by atoms with Crippen LogP contribution in [0, 0.1) is 20.2 Å². The molecule has 2 aromatic rings. The van der Waals surface area contributed by atoms with Gasteiger partial charge in [0.05, 0.1) is 42.4 Å². The Morgan fingerprint density at radius 1 is 1.23 bits per heavy atom. The van der Waals surface area contributed by atoms with E-state index in [1.54, 1.807) is 0 Å². The van der Waals surface area contributed by atoms with Gasteiger partial charge in [-0.2, -0.15) is 0 Å². The Kier molecular flexibility index (Phi) is 5.67. The van der Waals surface area contributed by atoms with Gasteiger partial charge in [0.1, 0.15) is 11.9 Å². The van der Waals surface area contributed by atoms with Crippen molar-refractivity contribution < 1.29 is 24.1 Å². The van der Waals surface area contributed by atoms with Gasteiger partial charge in [-0.05, 0) is 6.07 Å². The lowest BCUT2D eigenvalue weighted by Gasteiger charge is -2.10. The number of carbonyl (C=O) groups excluding carboxylic acids is 1. The first-order valence-corrected chi connectivity index (χ1v) is 7.23. The lowest BCUT2D eigenvalue weighted by molar-refractivity contribution is -0.385. The highest BCUT2D eigenvalue weighted by molar-refractivity contribution is 5.92. The van der Waals surface area contributed by atoms with Crippen LogP contribution < -0.4 is 14.8 Å². The summed E-state index contributed by atoms with van der Waals surface area (Å²) in [6.07, 6.45) is 1.13. The molecule has 1 N–H and O–H groups in total. The molecule has 138 valence electrons. The van der Waals surface area contributed by atoms with Crippen molar-refractivity contribution in [3.05, 3.63) is 44.6 Å². The number of amides is 1. The van der Waals surface area contributed by atoms with E-state index in [1.807, 2.05) is 0 Å². The van der Waals surface area contributed by atoms with Gasteiger partial charge >= 0.3 is 11.6 Å². The van der Waals surface area contributed by atoms with Crippen molar-refractivity contribution in [3.63, 3.8) is 0 Å². The molecule has 0 bridgehead atoms. The molecule has 2 rings (SSSR count). The topological polar surface area (TPSA) is 152 Å². The number of non-ortho nitro benzene ring substituents is 1. The molecule has 1 aromatic carbocycles. The lowest BCUT2D eigenvalue weighted by Crippen LogP contribution is -2.15. The molecule has 0 aliphatic carbocycles. The number of hydrogen-bond donors (Lipinski definition) is 1. The minimum atomic E-state index is -0.635. The summed E-state index contributed by atoms with van der Waals surface area (Å²) in [5.74, 6) is -0.425. The summed E-state index contributed by atoms with van der Waals surface area (Å²) in [5, 5.41) is 28.0.